The second kappa shape index (κ2) is 9.19. The third-order valence-electron chi connectivity index (χ3n) is 3.07. The number of aryl methyl sites for hydroxylation is 2. The van der Waals surface area contributed by atoms with E-state index in [1.165, 1.54) is 9.75 Å². The Morgan fingerprint density at radius 3 is 2.59 bits per heavy atom. The van der Waals surface area contributed by atoms with Crippen LogP contribution in [0.15, 0.2) is 20.9 Å². The van der Waals surface area contributed by atoms with Gasteiger partial charge in [-0.1, -0.05) is 0 Å². The molecule has 0 amide bonds. The maximum Gasteiger partial charge on any atom is 0.194 e. The Balaban J connectivity index is 0.00000242. The SMILES string of the molecule is CN=C(NCc1nc(C)c(C)s1)N(C)Cc1ccc(Br)s1.I. The highest BCUT2D eigenvalue weighted by atomic mass is 127. The van der Waals surface area contributed by atoms with Gasteiger partial charge in [0.05, 0.1) is 22.6 Å². The summed E-state index contributed by atoms with van der Waals surface area (Å²) >= 11 is 6.97. The molecule has 22 heavy (non-hydrogen) atoms. The average molecular weight is 515 g/mol. The van der Waals surface area contributed by atoms with E-state index in [1.54, 1.807) is 22.7 Å². The molecular formula is C14H20BrIN4S2. The van der Waals surface area contributed by atoms with Gasteiger partial charge in [0, 0.05) is 23.8 Å². The van der Waals surface area contributed by atoms with Crippen LogP contribution in [0.4, 0.5) is 0 Å². The number of hydrogen-bond donors (Lipinski definition) is 1. The molecule has 2 aromatic heterocycles. The lowest BCUT2D eigenvalue weighted by atomic mass is 10.4. The van der Waals surface area contributed by atoms with Gasteiger partial charge >= 0.3 is 0 Å². The van der Waals surface area contributed by atoms with Crippen molar-refractivity contribution in [2.75, 3.05) is 14.1 Å². The lowest BCUT2D eigenvalue weighted by molar-refractivity contribution is 0.481. The van der Waals surface area contributed by atoms with Gasteiger partial charge in [-0.15, -0.1) is 46.7 Å². The summed E-state index contributed by atoms with van der Waals surface area (Å²) in [5.41, 5.74) is 1.11. The van der Waals surface area contributed by atoms with Gasteiger partial charge in [0.1, 0.15) is 5.01 Å². The van der Waals surface area contributed by atoms with E-state index < -0.39 is 0 Å². The fourth-order valence-electron chi connectivity index (χ4n) is 1.90. The Kier molecular flexibility index (Phi) is 8.29. The lowest BCUT2D eigenvalue weighted by Crippen LogP contribution is -2.37. The summed E-state index contributed by atoms with van der Waals surface area (Å²) in [5, 5.41) is 4.47. The maximum atomic E-state index is 4.54. The van der Waals surface area contributed by atoms with Gasteiger partial charge in [0.25, 0.3) is 0 Å². The first-order chi connectivity index (χ1) is 9.99. The van der Waals surface area contributed by atoms with Gasteiger partial charge in [0.15, 0.2) is 5.96 Å². The average Bonchev–Trinajstić information content (AvgIpc) is 2.97. The molecule has 0 atom stereocenters. The minimum atomic E-state index is 0. The molecule has 2 heterocycles. The maximum absolute atomic E-state index is 4.54. The molecule has 0 fully saturated rings. The number of aliphatic imine (C=N–C) groups is 1. The molecule has 0 aliphatic rings. The van der Waals surface area contributed by atoms with E-state index in [9.17, 15) is 0 Å². The number of nitrogens with one attached hydrogen (secondary N) is 1. The Morgan fingerprint density at radius 1 is 1.36 bits per heavy atom. The molecule has 0 unspecified atom stereocenters. The fraction of sp³-hybridized carbons (Fsp3) is 0.429. The molecule has 0 saturated carbocycles. The quantitative estimate of drug-likeness (QED) is 0.373. The van der Waals surface area contributed by atoms with Gasteiger partial charge in [-0.05, 0) is 41.9 Å². The van der Waals surface area contributed by atoms with Crippen LogP contribution in [-0.4, -0.2) is 29.9 Å². The molecule has 0 aliphatic heterocycles. The molecule has 0 bridgehead atoms. The number of hydrogen-bond acceptors (Lipinski definition) is 4. The standard InChI is InChI=1S/C14H19BrN4S2.HI/c1-9-10(2)20-13(18-9)7-17-14(16-3)19(4)8-11-5-6-12(15)21-11;/h5-6H,7-8H2,1-4H3,(H,16,17);1H. The van der Waals surface area contributed by atoms with Crippen LogP contribution in [0, 0.1) is 13.8 Å². The van der Waals surface area contributed by atoms with Gasteiger partial charge in [-0.25, -0.2) is 4.98 Å². The minimum Gasteiger partial charge on any atom is -0.350 e. The summed E-state index contributed by atoms with van der Waals surface area (Å²) in [6, 6.07) is 4.21. The van der Waals surface area contributed by atoms with E-state index in [-0.39, 0.29) is 24.0 Å². The van der Waals surface area contributed by atoms with Crippen molar-refractivity contribution in [3.05, 3.63) is 36.4 Å². The zero-order chi connectivity index (χ0) is 15.4. The smallest absolute Gasteiger partial charge is 0.194 e. The Bertz CT molecular complexity index is 619. The summed E-state index contributed by atoms with van der Waals surface area (Å²) in [5.74, 6) is 0.880. The number of aromatic nitrogens is 1. The highest BCUT2D eigenvalue weighted by Gasteiger charge is 2.10. The zero-order valence-corrected chi connectivity index (χ0v) is 18.6. The molecule has 8 heteroatoms. The second-order valence-corrected chi connectivity index (χ2v) is 8.55. The Hall–Kier alpha value is -0.190. The molecule has 0 radical (unpaired) electrons. The van der Waals surface area contributed by atoms with Crippen LogP contribution in [-0.2, 0) is 13.1 Å². The van der Waals surface area contributed by atoms with E-state index in [0.717, 1.165) is 27.0 Å². The number of rotatable bonds is 4. The Labute approximate surface area is 165 Å². The van der Waals surface area contributed by atoms with Crippen LogP contribution in [0.3, 0.4) is 0 Å². The van der Waals surface area contributed by atoms with Crippen molar-refractivity contribution in [1.82, 2.24) is 15.2 Å². The van der Waals surface area contributed by atoms with Gasteiger partial charge in [-0.3, -0.25) is 4.99 Å². The fourth-order valence-corrected chi connectivity index (χ4v) is 4.31. The summed E-state index contributed by atoms with van der Waals surface area (Å²) in [7, 11) is 3.85. The Morgan fingerprint density at radius 2 is 2.09 bits per heavy atom. The predicted octanol–water partition coefficient (Wildman–Crippen LogP) is 4.41. The van der Waals surface area contributed by atoms with Crippen molar-refractivity contribution in [1.29, 1.82) is 0 Å². The summed E-state index contributed by atoms with van der Waals surface area (Å²) in [6.07, 6.45) is 0. The van der Waals surface area contributed by atoms with Crippen molar-refractivity contribution in [2.24, 2.45) is 4.99 Å². The third kappa shape index (κ3) is 5.47. The molecule has 1 N–H and O–H groups in total. The van der Waals surface area contributed by atoms with Gasteiger partial charge in [-0.2, -0.15) is 0 Å². The lowest BCUT2D eigenvalue weighted by Gasteiger charge is -2.21. The highest BCUT2D eigenvalue weighted by Crippen LogP contribution is 2.23. The normalized spacial score (nSPS) is 11.2. The topological polar surface area (TPSA) is 40.5 Å². The molecule has 0 aliphatic carbocycles. The van der Waals surface area contributed by atoms with Crippen LogP contribution in [0.1, 0.15) is 20.5 Å². The number of thiophene rings is 1. The molecule has 122 valence electrons. The largest absolute Gasteiger partial charge is 0.350 e. The van der Waals surface area contributed by atoms with E-state index in [2.05, 4.69) is 55.2 Å². The first-order valence-electron chi connectivity index (χ1n) is 6.58. The second-order valence-electron chi connectivity index (χ2n) is 4.71. The summed E-state index contributed by atoms with van der Waals surface area (Å²) in [4.78, 5) is 13.6. The van der Waals surface area contributed by atoms with Crippen LogP contribution < -0.4 is 5.32 Å². The molecule has 2 rings (SSSR count). The molecule has 0 spiro atoms. The van der Waals surface area contributed by atoms with E-state index in [0.29, 0.717) is 6.54 Å². The molecule has 2 aromatic rings. The molecule has 0 saturated heterocycles. The first kappa shape index (κ1) is 19.9. The number of nitrogens with zero attached hydrogens (tertiary/aromatic N) is 3. The van der Waals surface area contributed by atoms with Crippen molar-refractivity contribution in [3.63, 3.8) is 0 Å². The van der Waals surface area contributed by atoms with Crippen molar-refractivity contribution < 1.29 is 0 Å². The minimum absolute atomic E-state index is 0. The number of guanidine groups is 1. The van der Waals surface area contributed by atoms with Crippen molar-refractivity contribution >= 4 is 68.5 Å². The van der Waals surface area contributed by atoms with Crippen LogP contribution in [0.2, 0.25) is 0 Å². The summed E-state index contributed by atoms with van der Waals surface area (Å²) in [6.45, 7) is 5.70. The van der Waals surface area contributed by atoms with Gasteiger partial charge in [0.2, 0.25) is 0 Å². The monoisotopic (exact) mass is 514 g/mol. The predicted molar refractivity (Wildman–Crippen MR) is 111 cm³/mol. The highest BCUT2D eigenvalue weighted by molar-refractivity contribution is 14.0. The first-order valence-corrected chi connectivity index (χ1v) is 9.01. The third-order valence-corrected chi connectivity index (χ3v) is 5.75. The zero-order valence-electron chi connectivity index (χ0n) is 13.0. The summed E-state index contributed by atoms with van der Waals surface area (Å²) < 4.78 is 1.16. The van der Waals surface area contributed by atoms with Gasteiger partial charge < -0.3 is 10.2 Å². The van der Waals surface area contributed by atoms with Crippen molar-refractivity contribution in [3.8, 4) is 0 Å². The molecular weight excluding hydrogens is 495 g/mol. The molecule has 0 aromatic carbocycles. The van der Waals surface area contributed by atoms with E-state index in [1.807, 2.05) is 21.0 Å². The van der Waals surface area contributed by atoms with E-state index in [4.69, 9.17) is 0 Å². The van der Waals surface area contributed by atoms with Crippen LogP contribution in [0.25, 0.3) is 0 Å². The molecule has 4 nitrogen and oxygen atoms in total. The number of halogens is 2. The van der Waals surface area contributed by atoms with Crippen LogP contribution in [0.5, 0.6) is 0 Å². The number of thiazole rings is 1. The van der Waals surface area contributed by atoms with E-state index >= 15 is 0 Å². The van der Waals surface area contributed by atoms with Crippen molar-refractivity contribution in [2.45, 2.75) is 26.9 Å². The van der Waals surface area contributed by atoms with Crippen LogP contribution >= 0.6 is 62.6 Å².